The Morgan fingerprint density at radius 3 is 1.58 bits per heavy atom. The van der Waals surface area contributed by atoms with E-state index in [1.807, 2.05) is 18.3 Å². The van der Waals surface area contributed by atoms with Crippen molar-refractivity contribution in [3.63, 3.8) is 0 Å². The average molecular weight is 257 g/mol. The lowest BCUT2D eigenvalue weighted by Gasteiger charge is -2.01. The Labute approximate surface area is 118 Å². The van der Waals surface area contributed by atoms with Gasteiger partial charge in [0.2, 0.25) is 0 Å². The molecule has 0 radical (unpaired) electrons. The van der Waals surface area contributed by atoms with Gasteiger partial charge in [0.25, 0.3) is 0 Å². The van der Waals surface area contributed by atoms with Gasteiger partial charge in [0.1, 0.15) is 0 Å². The van der Waals surface area contributed by atoms with Gasteiger partial charge in [-0.25, -0.2) is 0 Å². The minimum absolute atomic E-state index is 0. The van der Waals surface area contributed by atoms with Gasteiger partial charge in [-0.3, -0.25) is 4.98 Å². The summed E-state index contributed by atoms with van der Waals surface area (Å²) in [5.41, 5.74) is 2.72. The largest absolute Gasteiger partial charge is 0.264 e. The Bertz CT molecular complexity index is 374. The molecule has 0 atom stereocenters. The van der Waals surface area contributed by atoms with E-state index in [1.54, 1.807) is 6.20 Å². The summed E-state index contributed by atoms with van der Waals surface area (Å²) in [7, 11) is 0. The molecule has 104 valence electrons. The second-order valence-corrected chi connectivity index (χ2v) is 5.01. The lowest BCUT2D eigenvalue weighted by molar-refractivity contribution is 0.858. The second kappa shape index (κ2) is 9.32. The smallest absolute Gasteiger partial charge is 0.0302 e. The van der Waals surface area contributed by atoms with E-state index in [1.165, 1.54) is 11.1 Å². The predicted molar refractivity (Wildman–Crippen MR) is 85.6 cm³/mol. The predicted octanol–water partition coefficient (Wildman–Crippen LogP) is 5.65. The molecule has 0 saturated heterocycles. The zero-order chi connectivity index (χ0) is 13.4. The number of pyridine rings is 1. The Morgan fingerprint density at radius 2 is 1.26 bits per heavy atom. The third kappa shape index (κ3) is 6.76. The van der Waals surface area contributed by atoms with Crippen molar-refractivity contribution in [3.05, 3.63) is 66.0 Å². The lowest BCUT2D eigenvalue weighted by Crippen LogP contribution is -1.85. The Balaban J connectivity index is 0.000000324. The second-order valence-electron chi connectivity index (χ2n) is 5.01. The van der Waals surface area contributed by atoms with Crippen LogP contribution in [0.4, 0.5) is 0 Å². The first kappa shape index (κ1) is 17.4. The zero-order valence-corrected chi connectivity index (χ0v) is 11.8. The van der Waals surface area contributed by atoms with Gasteiger partial charge in [0, 0.05) is 12.4 Å². The standard InChI is InChI=1S/C9H12.C8H11N.CH4/c1-8(2)9-6-4-3-5-7-9;1-7(2)8-4-3-5-9-6-8;/h3-8H,1-2H3;3-7H,1-2H3;1H4. The molecular formula is C18H27N. The van der Waals surface area contributed by atoms with E-state index < -0.39 is 0 Å². The van der Waals surface area contributed by atoms with Crippen molar-refractivity contribution in [3.8, 4) is 0 Å². The highest BCUT2D eigenvalue weighted by atomic mass is 14.6. The van der Waals surface area contributed by atoms with Crippen LogP contribution in [-0.4, -0.2) is 4.98 Å². The van der Waals surface area contributed by atoms with Crippen LogP contribution in [0.25, 0.3) is 0 Å². The maximum Gasteiger partial charge on any atom is 0.0302 e. The normalized spacial score (nSPS) is 9.58. The molecule has 0 fully saturated rings. The van der Waals surface area contributed by atoms with Crippen molar-refractivity contribution >= 4 is 0 Å². The molecule has 0 spiro atoms. The summed E-state index contributed by atoms with van der Waals surface area (Å²) in [6.07, 6.45) is 3.70. The molecule has 0 unspecified atom stereocenters. The van der Waals surface area contributed by atoms with E-state index in [4.69, 9.17) is 0 Å². The van der Waals surface area contributed by atoms with E-state index in [0.29, 0.717) is 11.8 Å². The summed E-state index contributed by atoms with van der Waals surface area (Å²) in [4.78, 5) is 4.01. The van der Waals surface area contributed by atoms with E-state index in [9.17, 15) is 0 Å². The molecule has 0 aliphatic carbocycles. The van der Waals surface area contributed by atoms with E-state index in [2.05, 4.69) is 63.0 Å². The number of hydrogen-bond acceptors (Lipinski definition) is 1. The quantitative estimate of drug-likeness (QED) is 0.677. The van der Waals surface area contributed by atoms with E-state index >= 15 is 0 Å². The van der Waals surface area contributed by atoms with Gasteiger partial charge in [-0.1, -0.05) is 71.5 Å². The first-order valence-corrected chi connectivity index (χ1v) is 6.56. The SMILES string of the molecule is C.CC(C)c1ccccc1.CC(C)c1cccnc1. The summed E-state index contributed by atoms with van der Waals surface area (Å²) in [6.45, 7) is 8.73. The van der Waals surface area contributed by atoms with Crippen molar-refractivity contribution in [2.24, 2.45) is 0 Å². The fourth-order valence-corrected chi connectivity index (χ4v) is 1.56. The molecule has 2 aromatic rings. The maximum absolute atomic E-state index is 4.01. The average Bonchev–Trinajstić information content (AvgIpc) is 2.41. The third-order valence-corrected chi connectivity index (χ3v) is 2.82. The van der Waals surface area contributed by atoms with Crippen LogP contribution in [-0.2, 0) is 0 Å². The molecule has 0 saturated carbocycles. The van der Waals surface area contributed by atoms with Gasteiger partial charge in [-0.15, -0.1) is 0 Å². The highest BCUT2D eigenvalue weighted by molar-refractivity contribution is 5.17. The summed E-state index contributed by atoms with van der Waals surface area (Å²) in [5.74, 6) is 1.25. The number of benzene rings is 1. The monoisotopic (exact) mass is 257 g/mol. The molecule has 2 rings (SSSR count). The summed E-state index contributed by atoms with van der Waals surface area (Å²) in [6, 6.07) is 14.6. The maximum atomic E-state index is 4.01. The molecule has 1 aromatic heterocycles. The van der Waals surface area contributed by atoms with E-state index in [0.717, 1.165) is 0 Å². The van der Waals surface area contributed by atoms with Crippen LogP contribution >= 0.6 is 0 Å². The van der Waals surface area contributed by atoms with Crippen molar-refractivity contribution in [2.45, 2.75) is 47.0 Å². The molecule has 19 heavy (non-hydrogen) atoms. The molecule has 1 aromatic carbocycles. The molecule has 1 heterocycles. The molecule has 0 aliphatic rings. The van der Waals surface area contributed by atoms with Gasteiger partial charge in [0.15, 0.2) is 0 Å². The van der Waals surface area contributed by atoms with Crippen LogP contribution in [0.5, 0.6) is 0 Å². The van der Waals surface area contributed by atoms with Crippen molar-refractivity contribution in [1.82, 2.24) is 4.98 Å². The van der Waals surface area contributed by atoms with E-state index in [-0.39, 0.29) is 7.43 Å². The van der Waals surface area contributed by atoms with Crippen LogP contribution in [0.3, 0.4) is 0 Å². The lowest BCUT2D eigenvalue weighted by atomic mass is 10.0. The third-order valence-electron chi connectivity index (χ3n) is 2.82. The van der Waals surface area contributed by atoms with Gasteiger partial charge in [-0.05, 0) is 29.0 Å². The molecule has 0 bridgehead atoms. The zero-order valence-electron chi connectivity index (χ0n) is 11.8. The van der Waals surface area contributed by atoms with Crippen molar-refractivity contribution < 1.29 is 0 Å². The van der Waals surface area contributed by atoms with Crippen LogP contribution in [0.15, 0.2) is 54.9 Å². The minimum atomic E-state index is 0. The highest BCUT2D eigenvalue weighted by Crippen LogP contribution is 2.11. The fraction of sp³-hybridized carbons (Fsp3) is 0.389. The van der Waals surface area contributed by atoms with Gasteiger partial charge < -0.3 is 0 Å². The first-order chi connectivity index (χ1) is 8.61. The minimum Gasteiger partial charge on any atom is -0.264 e. The van der Waals surface area contributed by atoms with Crippen LogP contribution in [0, 0.1) is 0 Å². The Hall–Kier alpha value is -1.63. The summed E-state index contributed by atoms with van der Waals surface area (Å²) in [5, 5.41) is 0. The number of nitrogens with zero attached hydrogens (tertiary/aromatic N) is 1. The highest BCUT2D eigenvalue weighted by Gasteiger charge is 1.94. The molecular weight excluding hydrogens is 230 g/mol. The first-order valence-electron chi connectivity index (χ1n) is 6.56. The molecule has 1 heteroatoms. The van der Waals surface area contributed by atoms with Crippen LogP contribution < -0.4 is 0 Å². The van der Waals surface area contributed by atoms with Crippen molar-refractivity contribution in [2.75, 3.05) is 0 Å². The Morgan fingerprint density at radius 1 is 0.737 bits per heavy atom. The van der Waals surface area contributed by atoms with Crippen LogP contribution in [0.1, 0.15) is 58.1 Å². The van der Waals surface area contributed by atoms with Crippen molar-refractivity contribution in [1.29, 1.82) is 0 Å². The Kier molecular flexibility index (Phi) is 8.52. The molecule has 1 nitrogen and oxygen atoms in total. The van der Waals surface area contributed by atoms with Gasteiger partial charge >= 0.3 is 0 Å². The number of aromatic nitrogens is 1. The number of rotatable bonds is 2. The van der Waals surface area contributed by atoms with Gasteiger partial charge in [0.05, 0.1) is 0 Å². The molecule has 0 amide bonds. The molecule has 0 N–H and O–H groups in total. The van der Waals surface area contributed by atoms with Gasteiger partial charge in [-0.2, -0.15) is 0 Å². The number of hydrogen-bond donors (Lipinski definition) is 0. The summed E-state index contributed by atoms with van der Waals surface area (Å²) < 4.78 is 0. The fourth-order valence-electron chi connectivity index (χ4n) is 1.56. The summed E-state index contributed by atoms with van der Waals surface area (Å²) >= 11 is 0. The topological polar surface area (TPSA) is 12.9 Å². The van der Waals surface area contributed by atoms with Crippen LogP contribution in [0.2, 0.25) is 0 Å². The molecule has 0 aliphatic heterocycles.